The molecule has 0 unspecified atom stereocenters. The first kappa shape index (κ1) is 22.9. The number of rotatable bonds is 7. The number of nitrogens with one attached hydrogen (secondary N) is 2. The van der Waals surface area contributed by atoms with Crippen molar-refractivity contribution in [3.05, 3.63) is 71.4 Å². The summed E-state index contributed by atoms with van der Waals surface area (Å²) in [5.74, 6) is -2.12. The predicted molar refractivity (Wildman–Crippen MR) is 128 cm³/mol. The summed E-state index contributed by atoms with van der Waals surface area (Å²) in [6.07, 6.45) is 2.44. The van der Waals surface area contributed by atoms with Gasteiger partial charge in [-0.1, -0.05) is 42.5 Å². The molecule has 0 spiro atoms. The van der Waals surface area contributed by atoms with Crippen LogP contribution in [0, 0.1) is 0 Å². The number of carbonyl (C=O) groups is 3. The van der Waals surface area contributed by atoms with Crippen molar-refractivity contribution < 1.29 is 19.5 Å². The number of amides is 2. The van der Waals surface area contributed by atoms with Gasteiger partial charge >= 0.3 is 5.97 Å². The number of nitrogens with two attached hydrogens (primary N) is 1. The molecule has 0 saturated heterocycles. The summed E-state index contributed by atoms with van der Waals surface area (Å²) in [7, 11) is 0. The molecule has 1 aliphatic rings. The number of H-pyrrole nitrogens is 1. The fourth-order valence-electron chi connectivity index (χ4n) is 4.28. The Morgan fingerprint density at radius 3 is 2.58 bits per heavy atom. The number of nitrogens with zero attached hydrogens (tertiary/aromatic N) is 1. The number of aromatic nitrogens is 1. The predicted octanol–water partition coefficient (Wildman–Crippen LogP) is 1.49. The second-order valence-electron chi connectivity index (χ2n) is 8.21. The van der Waals surface area contributed by atoms with Crippen molar-refractivity contribution in [3.8, 4) is 0 Å². The van der Waals surface area contributed by atoms with Crippen molar-refractivity contribution in [2.45, 2.75) is 37.5 Å². The summed E-state index contributed by atoms with van der Waals surface area (Å²) < 4.78 is 0. The maximum absolute atomic E-state index is 13.5. The maximum atomic E-state index is 13.5. The van der Waals surface area contributed by atoms with Gasteiger partial charge in [0.15, 0.2) is 0 Å². The topological polar surface area (TPSA) is 129 Å². The Labute approximate surface area is 196 Å². The highest BCUT2D eigenvalue weighted by Crippen LogP contribution is 2.25. The van der Waals surface area contributed by atoms with E-state index in [1.165, 1.54) is 4.90 Å². The highest BCUT2D eigenvalue weighted by molar-refractivity contribution is 7.80. The second-order valence-corrected chi connectivity index (χ2v) is 8.57. The van der Waals surface area contributed by atoms with Crippen LogP contribution in [0.2, 0.25) is 0 Å². The molecule has 2 heterocycles. The van der Waals surface area contributed by atoms with E-state index in [2.05, 4.69) is 22.9 Å². The number of hydrogen-bond acceptors (Lipinski definition) is 5. The lowest BCUT2D eigenvalue weighted by Gasteiger charge is -2.37. The van der Waals surface area contributed by atoms with Crippen LogP contribution in [-0.4, -0.2) is 56.7 Å². The summed E-state index contributed by atoms with van der Waals surface area (Å²) in [6, 6.07) is 12.5. The molecule has 5 N–H and O–H groups in total. The van der Waals surface area contributed by atoms with E-state index in [1.807, 2.05) is 54.7 Å². The molecule has 172 valence electrons. The number of thiol groups is 1. The smallest absolute Gasteiger partial charge is 0.327 e. The molecule has 9 heteroatoms. The number of carboxylic acids is 1. The van der Waals surface area contributed by atoms with Crippen molar-refractivity contribution in [1.82, 2.24) is 15.2 Å². The van der Waals surface area contributed by atoms with Gasteiger partial charge < -0.3 is 26.0 Å². The number of carbonyl (C=O) groups excluding carboxylic acids is 2. The fraction of sp³-hybridized carbons (Fsp3) is 0.292. The molecule has 0 aliphatic carbocycles. The molecular weight excluding hydrogens is 440 g/mol. The zero-order valence-electron chi connectivity index (χ0n) is 17.9. The number of fused-ring (bicyclic) bond motifs is 2. The van der Waals surface area contributed by atoms with E-state index >= 15 is 0 Å². The molecule has 2 amide bonds. The molecule has 0 saturated carbocycles. The van der Waals surface area contributed by atoms with E-state index < -0.39 is 30.0 Å². The Morgan fingerprint density at radius 1 is 1.15 bits per heavy atom. The van der Waals surface area contributed by atoms with Crippen molar-refractivity contribution in [3.63, 3.8) is 0 Å². The van der Waals surface area contributed by atoms with Gasteiger partial charge in [-0.25, -0.2) is 4.79 Å². The van der Waals surface area contributed by atoms with Crippen molar-refractivity contribution in [2.75, 3.05) is 5.75 Å². The average molecular weight is 467 g/mol. The monoisotopic (exact) mass is 466 g/mol. The molecule has 0 radical (unpaired) electrons. The standard InChI is InChI=1S/C24H26N4O4S/c25-18(9-16-11-26-19-8-4-3-7-17(16)19)23(30)28-12-15-6-2-1-5-14(15)10-21(28)22(29)27-20(13-33)24(31)32/h1-8,11,18,20-21,26,33H,9-10,12-13,25H2,(H,27,29)(H,31,32)/t18-,20-,21-/m0/s1. The summed E-state index contributed by atoms with van der Waals surface area (Å²) >= 11 is 4.01. The van der Waals surface area contributed by atoms with Crippen molar-refractivity contribution in [2.24, 2.45) is 5.73 Å². The van der Waals surface area contributed by atoms with Crippen LogP contribution in [0.25, 0.3) is 10.9 Å². The van der Waals surface area contributed by atoms with E-state index in [0.29, 0.717) is 6.42 Å². The molecule has 4 rings (SSSR count). The molecule has 3 atom stereocenters. The minimum absolute atomic E-state index is 0.0571. The minimum Gasteiger partial charge on any atom is -0.480 e. The fourth-order valence-corrected chi connectivity index (χ4v) is 4.53. The summed E-state index contributed by atoms with van der Waals surface area (Å²) in [6.45, 7) is 0.229. The molecule has 1 aliphatic heterocycles. The summed E-state index contributed by atoms with van der Waals surface area (Å²) in [5, 5.41) is 12.8. The van der Waals surface area contributed by atoms with E-state index in [1.54, 1.807) is 0 Å². The van der Waals surface area contributed by atoms with Gasteiger partial charge in [0.25, 0.3) is 0 Å². The van der Waals surface area contributed by atoms with Gasteiger partial charge in [0.05, 0.1) is 6.04 Å². The van der Waals surface area contributed by atoms with Crippen LogP contribution < -0.4 is 11.1 Å². The third-order valence-corrected chi connectivity index (χ3v) is 6.43. The molecule has 1 aromatic heterocycles. The van der Waals surface area contributed by atoms with E-state index in [0.717, 1.165) is 27.6 Å². The Morgan fingerprint density at radius 2 is 1.85 bits per heavy atom. The van der Waals surface area contributed by atoms with Crippen LogP contribution in [0.3, 0.4) is 0 Å². The first-order valence-electron chi connectivity index (χ1n) is 10.7. The summed E-state index contributed by atoms with van der Waals surface area (Å²) in [5.41, 5.74) is 10.1. The minimum atomic E-state index is -1.18. The van der Waals surface area contributed by atoms with Gasteiger partial charge in [-0.05, 0) is 29.2 Å². The molecule has 33 heavy (non-hydrogen) atoms. The lowest BCUT2D eigenvalue weighted by Crippen LogP contribution is -2.58. The van der Waals surface area contributed by atoms with Gasteiger partial charge in [0.1, 0.15) is 12.1 Å². The Kier molecular flexibility index (Phi) is 6.71. The Hall–Kier alpha value is -3.30. The quantitative estimate of drug-likeness (QED) is 0.337. The van der Waals surface area contributed by atoms with Gasteiger partial charge in [-0.2, -0.15) is 12.6 Å². The van der Waals surface area contributed by atoms with Gasteiger partial charge in [0, 0.05) is 35.8 Å². The zero-order chi connectivity index (χ0) is 23.5. The molecule has 0 fully saturated rings. The normalized spacial score (nSPS) is 17.3. The molecule has 8 nitrogen and oxygen atoms in total. The van der Waals surface area contributed by atoms with Crippen LogP contribution in [-0.2, 0) is 33.8 Å². The van der Waals surface area contributed by atoms with E-state index in [-0.39, 0.29) is 24.6 Å². The molecular formula is C24H26N4O4S. The van der Waals surface area contributed by atoms with E-state index in [9.17, 15) is 19.5 Å². The number of benzene rings is 2. The Bertz CT molecular complexity index is 1190. The average Bonchev–Trinajstić information content (AvgIpc) is 3.23. The van der Waals surface area contributed by atoms with Gasteiger partial charge in [-0.15, -0.1) is 0 Å². The molecule has 3 aromatic rings. The maximum Gasteiger partial charge on any atom is 0.327 e. The second kappa shape index (κ2) is 9.68. The number of aromatic amines is 1. The Balaban J connectivity index is 1.58. The third-order valence-electron chi connectivity index (χ3n) is 6.06. The number of carboxylic acid groups (broad SMARTS) is 1. The van der Waals surface area contributed by atoms with Crippen molar-refractivity contribution in [1.29, 1.82) is 0 Å². The number of aliphatic carboxylic acids is 1. The van der Waals surface area contributed by atoms with E-state index in [4.69, 9.17) is 5.73 Å². The highest BCUT2D eigenvalue weighted by atomic mass is 32.1. The van der Waals surface area contributed by atoms with Crippen molar-refractivity contribution >= 4 is 41.3 Å². The van der Waals surface area contributed by atoms with Gasteiger partial charge in [-0.3, -0.25) is 9.59 Å². The molecule has 2 aromatic carbocycles. The van der Waals surface area contributed by atoms with Crippen LogP contribution in [0.4, 0.5) is 0 Å². The third kappa shape index (κ3) is 4.74. The SMILES string of the molecule is N[C@@H](Cc1c[nH]c2ccccc12)C(=O)N1Cc2ccccc2C[C@H]1C(=O)N[C@@H](CS)C(=O)O. The number of hydrogen-bond donors (Lipinski definition) is 5. The van der Waals surface area contributed by atoms with Crippen LogP contribution in [0.15, 0.2) is 54.7 Å². The van der Waals surface area contributed by atoms with Crippen LogP contribution in [0.1, 0.15) is 16.7 Å². The summed E-state index contributed by atoms with van der Waals surface area (Å²) in [4.78, 5) is 42.6. The zero-order valence-corrected chi connectivity index (χ0v) is 18.8. The van der Waals surface area contributed by atoms with Gasteiger partial charge in [0.2, 0.25) is 11.8 Å². The van der Waals surface area contributed by atoms with Crippen LogP contribution >= 0.6 is 12.6 Å². The highest BCUT2D eigenvalue weighted by Gasteiger charge is 2.37. The largest absolute Gasteiger partial charge is 0.480 e. The lowest BCUT2D eigenvalue weighted by atomic mass is 9.92. The first-order valence-corrected chi connectivity index (χ1v) is 11.3. The first-order chi connectivity index (χ1) is 15.9. The van der Waals surface area contributed by atoms with Crippen LogP contribution in [0.5, 0.6) is 0 Å². The number of para-hydroxylation sites is 1. The molecule has 0 bridgehead atoms. The lowest BCUT2D eigenvalue weighted by molar-refractivity contribution is -0.145.